The Balaban J connectivity index is 3.09. The van der Waals surface area contributed by atoms with Crippen LogP contribution in [-0.4, -0.2) is 4.98 Å². The van der Waals surface area contributed by atoms with E-state index in [1.807, 2.05) is 0 Å². The SMILES string of the molecule is Nc1cc(Br)ncc1C(F)F. The lowest BCUT2D eigenvalue weighted by molar-refractivity contribution is 0.152. The third kappa shape index (κ3) is 1.86. The van der Waals surface area contributed by atoms with Gasteiger partial charge < -0.3 is 5.73 Å². The number of anilines is 1. The van der Waals surface area contributed by atoms with Gasteiger partial charge in [-0.25, -0.2) is 13.8 Å². The van der Waals surface area contributed by atoms with Gasteiger partial charge in [-0.1, -0.05) is 0 Å². The summed E-state index contributed by atoms with van der Waals surface area (Å²) in [5, 5.41) is 0. The predicted molar refractivity (Wildman–Crippen MR) is 41.3 cm³/mol. The van der Waals surface area contributed by atoms with E-state index < -0.39 is 6.43 Å². The molecule has 0 amide bonds. The first kappa shape index (κ1) is 8.39. The monoisotopic (exact) mass is 222 g/mol. The van der Waals surface area contributed by atoms with Gasteiger partial charge >= 0.3 is 0 Å². The molecule has 1 aromatic rings. The molecule has 60 valence electrons. The lowest BCUT2D eigenvalue weighted by Crippen LogP contribution is -1.95. The average Bonchev–Trinajstić information content (AvgIpc) is 1.85. The summed E-state index contributed by atoms with van der Waals surface area (Å²) in [7, 11) is 0. The van der Waals surface area contributed by atoms with Crippen LogP contribution < -0.4 is 5.73 Å². The highest BCUT2D eigenvalue weighted by molar-refractivity contribution is 9.10. The van der Waals surface area contributed by atoms with E-state index in [9.17, 15) is 8.78 Å². The Kier molecular flexibility index (Phi) is 2.38. The van der Waals surface area contributed by atoms with Gasteiger partial charge in [-0.3, -0.25) is 0 Å². The normalized spacial score (nSPS) is 10.5. The quantitative estimate of drug-likeness (QED) is 0.742. The van der Waals surface area contributed by atoms with Crippen molar-refractivity contribution in [2.45, 2.75) is 6.43 Å². The van der Waals surface area contributed by atoms with Crippen LogP contribution in [0.15, 0.2) is 16.9 Å². The summed E-state index contributed by atoms with van der Waals surface area (Å²) in [6.07, 6.45) is -1.50. The highest BCUT2D eigenvalue weighted by Crippen LogP contribution is 2.25. The molecule has 5 heteroatoms. The van der Waals surface area contributed by atoms with Crippen LogP contribution in [0, 0.1) is 0 Å². The van der Waals surface area contributed by atoms with Crippen molar-refractivity contribution in [1.82, 2.24) is 4.98 Å². The standard InChI is InChI=1S/C6H5BrF2N2/c7-5-1-4(10)3(2-11-5)6(8)9/h1-2,6H,(H2,10,11). The smallest absolute Gasteiger partial charge is 0.267 e. The average molecular weight is 223 g/mol. The van der Waals surface area contributed by atoms with Crippen molar-refractivity contribution in [3.8, 4) is 0 Å². The molecule has 0 fully saturated rings. The van der Waals surface area contributed by atoms with Crippen LogP contribution in [0.1, 0.15) is 12.0 Å². The second-order valence-electron chi connectivity index (χ2n) is 1.94. The zero-order valence-corrected chi connectivity index (χ0v) is 6.98. The molecule has 0 aliphatic heterocycles. The molecular weight excluding hydrogens is 218 g/mol. The highest BCUT2D eigenvalue weighted by Gasteiger charge is 2.11. The first-order valence-corrected chi connectivity index (χ1v) is 3.59. The van der Waals surface area contributed by atoms with E-state index in [0.717, 1.165) is 6.20 Å². The number of nitrogens with zero attached hydrogens (tertiary/aromatic N) is 1. The lowest BCUT2D eigenvalue weighted by atomic mass is 10.2. The van der Waals surface area contributed by atoms with Gasteiger partial charge in [0, 0.05) is 11.9 Å². The van der Waals surface area contributed by atoms with Crippen molar-refractivity contribution in [1.29, 1.82) is 0 Å². The van der Waals surface area contributed by atoms with Gasteiger partial charge in [-0.15, -0.1) is 0 Å². The highest BCUT2D eigenvalue weighted by atomic mass is 79.9. The van der Waals surface area contributed by atoms with E-state index in [4.69, 9.17) is 5.73 Å². The molecule has 0 saturated carbocycles. The summed E-state index contributed by atoms with van der Waals surface area (Å²) in [5.74, 6) is 0. The molecule has 0 aromatic carbocycles. The Labute approximate surface area is 70.6 Å². The first-order chi connectivity index (χ1) is 5.11. The van der Waals surface area contributed by atoms with Crippen LogP contribution in [-0.2, 0) is 0 Å². The zero-order chi connectivity index (χ0) is 8.43. The number of nitrogens with two attached hydrogens (primary N) is 1. The summed E-state index contributed by atoms with van der Waals surface area (Å²) in [6, 6.07) is 1.35. The largest absolute Gasteiger partial charge is 0.398 e. The Morgan fingerprint density at radius 1 is 1.55 bits per heavy atom. The van der Waals surface area contributed by atoms with E-state index in [1.54, 1.807) is 0 Å². The number of rotatable bonds is 1. The third-order valence-electron chi connectivity index (χ3n) is 1.17. The Morgan fingerprint density at radius 3 is 2.64 bits per heavy atom. The summed E-state index contributed by atoms with van der Waals surface area (Å²) in [5.41, 5.74) is 5.10. The fourth-order valence-corrected chi connectivity index (χ4v) is 0.986. The fourth-order valence-electron chi connectivity index (χ4n) is 0.637. The number of hydrogen-bond acceptors (Lipinski definition) is 2. The molecule has 0 spiro atoms. The van der Waals surface area contributed by atoms with Crippen molar-refractivity contribution in [3.05, 3.63) is 22.4 Å². The molecule has 0 bridgehead atoms. The Bertz CT molecular complexity index is 265. The third-order valence-corrected chi connectivity index (χ3v) is 1.60. The van der Waals surface area contributed by atoms with Gasteiger partial charge in [0.15, 0.2) is 0 Å². The first-order valence-electron chi connectivity index (χ1n) is 2.80. The van der Waals surface area contributed by atoms with E-state index in [2.05, 4.69) is 20.9 Å². The molecule has 1 rings (SSSR count). The van der Waals surface area contributed by atoms with Gasteiger partial charge in [0.1, 0.15) is 4.60 Å². The maximum Gasteiger partial charge on any atom is 0.267 e. The van der Waals surface area contributed by atoms with Crippen molar-refractivity contribution < 1.29 is 8.78 Å². The van der Waals surface area contributed by atoms with Crippen LogP contribution >= 0.6 is 15.9 Å². The van der Waals surface area contributed by atoms with Crippen LogP contribution in [0.2, 0.25) is 0 Å². The molecule has 0 atom stereocenters. The second kappa shape index (κ2) is 3.13. The maximum absolute atomic E-state index is 12.0. The van der Waals surface area contributed by atoms with Crippen LogP contribution in [0.4, 0.5) is 14.5 Å². The Hall–Kier alpha value is -0.710. The van der Waals surface area contributed by atoms with Gasteiger partial charge in [-0.05, 0) is 22.0 Å². The Morgan fingerprint density at radius 2 is 2.18 bits per heavy atom. The summed E-state index contributed by atoms with van der Waals surface area (Å²) < 4.78 is 24.5. The summed E-state index contributed by atoms with van der Waals surface area (Å²) in [4.78, 5) is 3.62. The molecule has 1 heterocycles. The molecule has 2 N–H and O–H groups in total. The molecule has 0 aliphatic carbocycles. The van der Waals surface area contributed by atoms with Gasteiger partial charge in [-0.2, -0.15) is 0 Å². The molecule has 1 aromatic heterocycles. The van der Waals surface area contributed by atoms with Crippen LogP contribution in [0.25, 0.3) is 0 Å². The lowest BCUT2D eigenvalue weighted by Gasteiger charge is -2.02. The second-order valence-corrected chi connectivity index (χ2v) is 2.75. The van der Waals surface area contributed by atoms with Gasteiger partial charge in [0.25, 0.3) is 6.43 Å². The predicted octanol–water partition coefficient (Wildman–Crippen LogP) is 2.36. The van der Waals surface area contributed by atoms with Gasteiger partial charge in [0.2, 0.25) is 0 Å². The molecule has 0 saturated heterocycles. The van der Waals surface area contributed by atoms with Crippen molar-refractivity contribution in [2.24, 2.45) is 0 Å². The fraction of sp³-hybridized carbons (Fsp3) is 0.167. The minimum atomic E-state index is -2.56. The molecular formula is C6H5BrF2N2. The molecule has 0 aliphatic rings. The number of nitrogen functional groups attached to an aromatic ring is 1. The molecule has 0 radical (unpaired) electrons. The van der Waals surface area contributed by atoms with Crippen LogP contribution in [0.5, 0.6) is 0 Å². The number of halogens is 3. The molecule has 2 nitrogen and oxygen atoms in total. The minimum absolute atomic E-state index is 0.0573. The zero-order valence-electron chi connectivity index (χ0n) is 5.39. The minimum Gasteiger partial charge on any atom is -0.398 e. The summed E-state index contributed by atoms with van der Waals surface area (Å²) in [6.45, 7) is 0. The maximum atomic E-state index is 12.0. The van der Waals surface area contributed by atoms with Crippen molar-refractivity contribution in [2.75, 3.05) is 5.73 Å². The van der Waals surface area contributed by atoms with E-state index in [0.29, 0.717) is 4.60 Å². The number of pyridine rings is 1. The topological polar surface area (TPSA) is 38.9 Å². The van der Waals surface area contributed by atoms with Crippen LogP contribution in [0.3, 0.4) is 0 Å². The molecule has 0 unspecified atom stereocenters. The van der Waals surface area contributed by atoms with E-state index in [1.165, 1.54) is 6.07 Å². The number of hydrogen-bond donors (Lipinski definition) is 1. The number of alkyl halides is 2. The van der Waals surface area contributed by atoms with E-state index >= 15 is 0 Å². The number of aromatic nitrogens is 1. The van der Waals surface area contributed by atoms with Crippen molar-refractivity contribution >= 4 is 21.6 Å². The van der Waals surface area contributed by atoms with E-state index in [-0.39, 0.29) is 11.3 Å². The summed E-state index contributed by atoms with van der Waals surface area (Å²) >= 11 is 3.01. The van der Waals surface area contributed by atoms with Gasteiger partial charge in [0.05, 0.1) is 5.56 Å². The van der Waals surface area contributed by atoms with Crippen molar-refractivity contribution in [3.63, 3.8) is 0 Å². The molecule has 11 heavy (non-hydrogen) atoms.